The topological polar surface area (TPSA) is 57.7 Å². The van der Waals surface area contributed by atoms with Crippen molar-refractivity contribution >= 4 is 21.6 Å². The van der Waals surface area contributed by atoms with Gasteiger partial charge in [-0.2, -0.15) is 4.31 Å². The van der Waals surface area contributed by atoms with Crippen molar-refractivity contribution in [3.8, 4) is 0 Å². The summed E-state index contributed by atoms with van der Waals surface area (Å²) >= 11 is 0. The van der Waals surface area contributed by atoms with E-state index in [0.717, 1.165) is 12.1 Å². The Kier molecular flexibility index (Phi) is 4.77. The zero-order chi connectivity index (χ0) is 14.6. The van der Waals surface area contributed by atoms with Crippen LogP contribution in [0.25, 0.3) is 0 Å². The van der Waals surface area contributed by atoms with Crippen molar-refractivity contribution in [1.29, 1.82) is 0 Å². The third kappa shape index (κ3) is 3.37. The normalized spacial score (nSPS) is 18.6. The Labute approximate surface area is 120 Å². The van der Waals surface area contributed by atoms with Crippen molar-refractivity contribution in [3.05, 3.63) is 30.3 Å². The van der Waals surface area contributed by atoms with Crippen LogP contribution in [0.4, 0.5) is 5.69 Å². The first-order valence-corrected chi connectivity index (χ1v) is 8.49. The zero-order valence-corrected chi connectivity index (χ0v) is 12.5. The minimum absolute atomic E-state index is 0.0644. The molecule has 0 unspecified atom stereocenters. The highest BCUT2D eigenvalue weighted by molar-refractivity contribution is 7.89. The van der Waals surface area contributed by atoms with Crippen LogP contribution in [0.1, 0.15) is 19.8 Å². The minimum atomic E-state index is -3.26. The highest BCUT2D eigenvalue weighted by atomic mass is 32.2. The lowest BCUT2D eigenvalue weighted by Gasteiger charge is -2.28. The van der Waals surface area contributed by atoms with Crippen LogP contribution in [-0.2, 0) is 14.8 Å². The predicted molar refractivity (Wildman–Crippen MR) is 79.1 cm³/mol. The number of hydrogen-bond donors (Lipinski definition) is 0. The number of amides is 1. The Morgan fingerprint density at radius 1 is 1.25 bits per heavy atom. The van der Waals surface area contributed by atoms with Crippen molar-refractivity contribution < 1.29 is 13.2 Å². The van der Waals surface area contributed by atoms with E-state index in [1.807, 2.05) is 37.3 Å². The smallest absolute Gasteiger partial charge is 0.242 e. The summed E-state index contributed by atoms with van der Waals surface area (Å²) in [6.07, 6.45) is 1.51. The van der Waals surface area contributed by atoms with Crippen LogP contribution >= 0.6 is 0 Å². The molecular formula is C14H20N2O3S. The summed E-state index contributed by atoms with van der Waals surface area (Å²) < 4.78 is 25.1. The molecule has 1 aliphatic heterocycles. The van der Waals surface area contributed by atoms with Gasteiger partial charge in [-0.15, -0.1) is 0 Å². The van der Waals surface area contributed by atoms with Crippen molar-refractivity contribution in [2.75, 3.05) is 30.3 Å². The van der Waals surface area contributed by atoms with Gasteiger partial charge in [-0.05, 0) is 31.9 Å². The Morgan fingerprint density at radius 2 is 1.95 bits per heavy atom. The van der Waals surface area contributed by atoms with E-state index < -0.39 is 10.0 Å². The van der Waals surface area contributed by atoms with Crippen LogP contribution < -0.4 is 4.90 Å². The van der Waals surface area contributed by atoms with E-state index in [-0.39, 0.29) is 18.2 Å². The maximum atomic E-state index is 12.4. The second-order valence-corrected chi connectivity index (χ2v) is 6.92. The largest absolute Gasteiger partial charge is 0.312 e. The zero-order valence-electron chi connectivity index (χ0n) is 11.7. The fraction of sp³-hybridized carbons (Fsp3) is 0.500. The van der Waals surface area contributed by atoms with E-state index >= 15 is 0 Å². The molecule has 0 radical (unpaired) electrons. The quantitative estimate of drug-likeness (QED) is 0.845. The number of nitrogens with zero attached hydrogens (tertiary/aromatic N) is 2. The van der Waals surface area contributed by atoms with Gasteiger partial charge in [0, 0.05) is 18.8 Å². The molecule has 20 heavy (non-hydrogen) atoms. The summed E-state index contributed by atoms with van der Waals surface area (Å²) in [6, 6.07) is 9.32. The minimum Gasteiger partial charge on any atom is -0.312 e. The van der Waals surface area contributed by atoms with E-state index in [4.69, 9.17) is 0 Å². The Hall–Kier alpha value is -1.40. The van der Waals surface area contributed by atoms with Gasteiger partial charge in [0.15, 0.2) is 0 Å². The van der Waals surface area contributed by atoms with Gasteiger partial charge in [0.1, 0.15) is 0 Å². The molecular weight excluding hydrogens is 276 g/mol. The molecule has 1 heterocycles. The summed E-state index contributed by atoms with van der Waals surface area (Å²) in [5.74, 6) is -0.0262. The molecule has 0 aromatic heterocycles. The lowest BCUT2D eigenvalue weighted by Crippen LogP contribution is -2.45. The average Bonchev–Trinajstić information content (AvgIpc) is 2.43. The molecule has 0 aliphatic carbocycles. The van der Waals surface area contributed by atoms with Crippen LogP contribution in [0, 0.1) is 0 Å². The fourth-order valence-electron chi connectivity index (χ4n) is 2.37. The van der Waals surface area contributed by atoms with Gasteiger partial charge in [0.05, 0.1) is 12.3 Å². The number of likely N-dealkylation sites (N-methyl/N-ethyl adjacent to an activating group) is 1. The summed E-state index contributed by atoms with van der Waals surface area (Å²) in [5, 5.41) is 0. The Bertz CT molecular complexity index is 557. The molecule has 1 aromatic carbocycles. The summed E-state index contributed by atoms with van der Waals surface area (Å²) in [6.45, 7) is 2.79. The second kappa shape index (κ2) is 6.37. The number of hydrogen-bond acceptors (Lipinski definition) is 3. The Balaban J connectivity index is 2.10. The van der Waals surface area contributed by atoms with Gasteiger partial charge in [-0.3, -0.25) is 4.79 Å². The lowest BCUT2D eigenvalue weighted by atomic mass is 10.2. The maximum Gasteiger partial charge on any atom is 0.242 e. The highest BCUT2D eigenvalue weighted by Gasteiger charge is 2.29. The van der Waals surface area contributed by atoms with Gasteiger partial charge in [0.25, 0.3) is 0 Å². The van der Waals surface area contributed by atoms with Gasteiger partial charge < -0.3 is 4.90 Å². The van der Waals surface area contributed by atoms with E-state index in [0.29, 0.717) is 19.5 Å². The monoisotopic (exact) mass is 296 g/mol. The van der Waals surface area contributed by atoms with Crippen molar-refractivity contribution in [3.63, 3.8) is 0 Å². The molecule has 5 nitrogen and oxygen atoms in total. The molecule has 0 spiro atoms. The van der Waals surface area contributed by atoms with Crippen molar-refractivity contribution in [2.45, 2.75) is 19.8 Å². The van der Waals surface area contributed by atoms with Gasteiger partial charge in [-0.25, -0.2) is 8.42 Å². The molecule has 6 heteroatoms. The van der Waals surface area contributed by atoms with E-state index in [9.17, 15) is 13.2 Å². The number of rotatable bonds is 4. The summed E-state index contributed by atoms with van der Waals surface area (Å²) in [7, 11) is -3.26. The van der Waals surface area contributed by atoms with Crippen LogP contribution in [0.3, 0.4) is 0 Å². The van der Waals surface area contributed by atoms with E-state index in [2.05, 4.69) is 0 Å². The molecule has 0 bridgehead atoms. The lowest BCUT2D eigenvalue weighted by molar-refractivity contribution is -0.118. The van der Waals surface area contributed by atoms with Crippen LogP contribution in [0.5, 0.6) is 0 Å². The molecule has 110 valence electrons. The molecule has 1 amide bonds. The third-order valence-corrected chi connectivity index (χ3v) is 5.35. The summed E-state index contributed by atoms with van der Waals surface area (Å²) in [4.78, 5) is 14.0. The standard InChI is InChI=1S/C14H20N2O3S/c1-2-16(13-8-4-3-5-9-13)14(17)12-15-10-6-7-11-20(15,18)19/h3-5,8-9H,2,6-7,10-12H2,1H3. The number of para-hydroxylation sites is 1. The van der Waals surface area contributed by atoms with Crippen LogP contribution in [0.2, 0.25) is 0 Å². The van der Waals surface area contributed by atoms with E-state index in [1.54, 1.807) is 4.90 Å². The maximum absolute atomic E-state index is 12.4. The number of carbonyl (C=O) groups is 1. The second-order valence-electron chi connectivity index (χ2n) is 4.83. The van der Waals surface area contributed by atoms with Gasteiger partial charge >= 0.3 is 0 Å². The van der Waals surface area contributed by atoms with Crippen LogP contribution in [0.15, 0.2) is 30.3 Å². The third-order valence-electron chi connectivity index (χ3n) is 3.45. The highest BCUT2D eigenvalue weighted by Crippen LogP contribution is 2.17. The average molecular weight is 296 g/mol. The molecule has 0 atom stereocenters. The number of anilines is 1. The molecule has 1 fully saturated rings. The number of carbonyl (C=O) groups excluding carboxylic acids is 1. The first-order chi connectivity index (χ1) is 9.54. The van der Waals surface area contributed by atoms with E-state index in [1.165, 1.54) is 4.31 Å². The number of sulfonamides is 1. The fourth-order valence-corrected chi connectivity index (χ4v) is 3.91. The first kappa shape index (κ1) is 15.0. The Morgan fingerprint density at radius 3 is 2.55 bits per heavy atom. The predicted octanol–water partition coefficient (Wildman–Crippen LogP) is 1.47. The molecule has 1 aliphatic rings. The molecule has 0 saturated carbocycles. The van der Waals surface area contributed by atoms with Gasteiger partial charge in [0.2, 0.25) is 15.9 Å². The summed E-state index contributed by atoms with van der Waals surface area (Å²) in [5.41, 5.74) is 0.800. The first-order valence-electron chi connectivity index (χ1n) is 6.88. The SMILES string of the molecule is CCN(C(=O)CN1CCCCS1(=O)=O)c1ccccc1. The van der Waals surface area contributed by atoms with Crippen molar-refractivity contribution in [1.82, 2.24) is 4.31 Å². The molecule has 2 rings (SSSR count). The van der Waals surface area contributed by atoms with Crippen molar-refractivity contribution in [2.24, 2.45) is 0 Å². The van der Waals surface area contributed by atoms with Gasteiger partial charge in [-0.1, -0.05) is 18.2 Å². The van der Waals surface area contributed by atoms with Crippen LogP contribution in [-0.4, -0.2) is 44.0 Å². The number of benzene rings is 1. The molecule has 1 aromatic rings. The molecule has 1 saturated heterocycles. The molecule has 0 N–H and O–H groups in total.